The molecule has 1 fully saturated rings. The van der Waals surface area contributed by atoms with Crippen LogP contribution in [0.5, 0.6) is 11.5 Å². The molecular formula is C19H27NO6. The van der Waals surface area contributed by atoms with E-state index >= 15 is 0 Å². The van der Waals surface area contributed by atoms with Crippen LogP contribution >= 0.6 is 0 Å². The molecule has 1 unspecified atom stereocenters. The van der Waals surface area contributed by atoms with E-state index in [1.54, 1.807) is 30.2 Å². The Morgan fingerprint density at radius 3 is 2.81 bits per heavy atom. The van der Waals surface area contributed by atoms with Crippen LogP contribution in [0.4, 0.5) is 0 Å². The highest BCUT2D eigenvalue weighted by molar-refractivity contribution is 5.97. The van der Waals surface area contributed by atoms with Crippen molar-refractivity contribution in [2.24, 2.45) is 5.92 Å². The number of carbonyl (C=O) groups is 2. The highest BCUT2D eigenvalue weighted by atomic mass is 16.5. The van der Waals surface area contributed by atoms with Crippen LogP contribution in [0, 0.1) is 5.92 Å². The first-order valence-electron chi connectivity index (χ1n) is 8.84. The summed E-state index contributed by atoms with van der Waals surface area (Å²) < 4.78 is 16.5. The van der Waals surface area contributed by atoms with Crippen LogP contribution in [0.25, 0.3) is 0 Å². The molecule has 1 aliphatic rings. The fourth-order valence-corrected chi connectivity index (χ4v) is 2.72. The molecule has 1 aliphatic heterocycles. The fraction of sp³-hybridized carbons (Fsp3) is 0.579. The molecule has 0 radical (unpaired) electrons. The molecule has 1 heterocycles. The molecule has 0 aromatic heterocycles. The van der Waals surface area contributed by atoms with E-state index in [1.165, 1.54) is 0 Å². The minimum Gasteiger partial charge on any atom is -0.497 e. The van der Waals surface area contributed by atoms with Crippen molar-refractivity contribution in [1.82, 2.24) is 4.90 Å². The van der Waals surface area contributed by atoms with Gasteiger partial charge in [0.2, 0.25) is 0 Å². The summed E-state index contributed by atoms with van der Waals surface area (Å²) >= 11 is 0. The molecule has 1 aromatic carbocycles. The van der Waals surface area contributed by atoms with Gasteiger partial charge in [0.15, 0.2) is 0 Å². The number of carboxylic acids is 1. The molecule has 2 rings (SSSR count). The number of ether oxygens (including phenoxy) is 3. The van der Waals surface area contributed by atoms with Crippen LogP contribution in [-0.2, 0) is 9.53 Å². The number of carbonyl (C=O) groups excluding carboxylic acids is 1. The third-order valence-electron chi connectivity index (χ3n) is 4.20. The summed E-state index contributed by atoms with van der Waals surface area (Å²) in [5.74, 6) is 0.469. The van der Waals surface area contributed by atoms with E-state index in [-0.39, 0.29) is 18.9 Å². The SMILES string of the molecule is COc1ccc(C(=O)N2CCOC(CC(=O)O)C2)c(OCCC(C)C)c1. The third kappa shape index (κ3) is 5.62. The number of aliphatic carboxylic acids is 1. The van der Waals surface area contributed by atoms with E-state index in [4.69, 9.17) is 19.3 Å². The zero-order valence-corrected chi connectivity index (χ0v) is 15.6. The average molecular weight is 365 g/mol. The molecule has 0 aliphatic carbocycles. The number of benzene rings is 1. The summed E-state index contributed by atoms with van der Waals surface area (Å²) in [5, 5.41) is 8.93. The van der Waals surface area contributed by atoms with Crippen molar-refractivity contribution >= 4 is 11.9 Å². The molecule has 1 aromatic rings. The lowest BCUT2D eigenvalue weighted by Crippen LogP contribution is -2.46. The Kier molecular flexibility index (Phi) is 7.26. The monoisotopic (exact) mass is 365 g/mol. The van der Waals surface area contributed by atoms with E-state index < -0.39 is 12.1 Å². The molecule has 7 nitrogen and oxygen atoms in total. The van der Waals surface area contributed by atoms with Gasteiger partial charge in [0.25, 0.3) is 5.91 Å². The lowest BCUT2D eigenvalue weighted by Gasteiger charge is -2.32. The number of morpholine rings is 1. The van der Waals surface area contributed by atoms with E-state index in [9.17, 15) is 9.59 Å². The Labute approximate surface area is 153 Å². The van der Waals surface area contributed by atoms with E-state index in [0.29, 0.717) is 42.7 Å². The van der Waals surface area contributed by atoms with Gasteiger partial charge in [0.1, 0.15) is 11.5 Å². The quantitative estimate of drug-likeness (QED) is 0.762. The normalized spacial score (nSPS) is 17.2. The molecule has 1 saturated heterocycles. The fourth-order valence-electron chi connectivity index (χ4n) is 2.72. The second-order valence-corrected chi connectivity index (χ2v) is 6.73. The zero-order chi connectivity index (χ0) is 19.1. The van der Waals surface area contributed by atoms with Crippen LogP contribution in [-0.4, -0.2) is 61.4 Å². The zero-order valence-electron chi connectivity index (χ0n) is 15.6. The number of hydrogen-bond acceptors (Lipinski definition) is 5. The Bertz CT molecular complexity index is 630. The number of carboxylic acid groups (broad SMARTS) is 1. The Hall–Kier alpha value is -2.28. The molecular weight excluding hydrogens is 338 g/mol. The molecule has 1 amide bonds. The summed E-state index contributed by atoms with van der Waals surface area (Å²) in [6, 6.07) is 5.12. The topological polar surface area (TPSA) is 85.3 Å². The first-order chi connectivity index (χ1) is 12.4. The summed E-state index contributed by atoms with van der Waals surface area (Å²) in [7, 11) is 1.56. The van der Waals surface area contributed by atoms with Gasteiger partial charge in [0.05, 0.1) is 38.4 Å². The maximum absolute atomic E-state index is 13.0. The van der Waals surface area contributed by atoms with Crippen molar-refractivity contribution in [2.45, 2.75) is 32.8 Å². The maximum atomic E-state index is 13.0. The molecule has 0 saturated carbocycles. The van der Waals surface area contributed by atoms with Crippen LogP contribution in [0.15, 0.2) is 18.2 Å². The van der Waals surface area contributed by atoms with Gasteiger partial charge in [-0.1, -0.05) is 13.8 Å². The first-order valence-corrected chi connectivity index (χ1v) is 8.84. The predicted molar refractivity (Wildman–Crippen MR) is 95.8 cm³/mol. The van der Waals surface area contributed by atoms with Gasteiger partial charge in [0, 0.05) is 19.2 Å². The summed E-state index contributed by atoms with van der Waals surface area (Å²) in [5.41, 5.74) is 0.450. The minimum absolute atomic E-state index is 0.121. The molecule has 7 heteroatoms. The molecule has 1 N–H and O–H groups in total. The minimum atomic E-state index is -0.938. The molecule has 0 bridgehead atoms. The van der Waals surface area contributed by atoms with Gasteiger partial charge < -0.3 is 24.2 Å². The number of amides is 1. The van der Waals surface area contributed by atoms with E-state index in [2.05, 4.69) is 13.8 Å². The van der Waals surface area contributed by atoms with E-state index in [1.807, 2.05) is 0 Å². The van der Waals surface area contributed by atoms with Crippen molar-refractivity contribution in [3.63, 3.8) is 0 Å². The van der Waals surface area contributed by atoms with Crippen molar-refractivity contribution in [3.05, 3.63) is 23.8 Å². The van der Waals surface area contributed by atoms with Gasteiger partial charge in [-0.05, 0) is 24.5 Å². The highest BCUT2D eigenvalue weighted by Crippen LogP contribution is 2.27. The van der Waals surface area contributed by atoms with Gasteiger partial charge in [-0.15, -0.1) is 0 Å². The van der Waals surface area contributed by atoms with E-state index in [0.717, 1.165) is 6.42 Å². The Morgan fingerprint density at radius 2 is 2.15 bits per heavy atom. The summed E-state index contributed by atoms with van der Waals surface area (Å²) in [6.45, 7) is 5.73. The van der Waals surface area contributed by atoms with Crippen molar-refractivity contribution < 1.29 is 28.9 Å². The predicted octanol–water partition coefficient (Wildman–Crippen LogP) is 2.44. The second kappa shape index (κ2) is 9.43. The van der Waals surface area contributed by atoms with Gasteiger partial charge in [-0.3, -0.25) is 9.59 Å². The molecule has 144 valence electrons. The molecule has 26 heavy (non-hydrogen) atoms. The van der Waals surface area contributed by atoms with Crippen molar-refractivity contribution in [2.75, 3.05) is 33.4 Å². The van der Waals surface area contributed by atoms with Crippen molar-refractivity contribution in [3.8, 4) is 11.5 Å². The van der Waals surface area contributed by atoms with Gasteiger partial charge in [-0.25, -0.2) is 0 Å². The lowest BCUT2D eigenvalue weighted by molar-refractivity contribution is -0.141. The largest absolute Gasteiger partial charge is 0.497 e. The van der Waals surface area contributed by atoms with Crippen LogP contribution in [0.2, 0.25) is 0 Å². The van der Waals surface area contributed by atoms with Crippen LogP contribution < -0.4 is 9.47 Å². The Morgan fingerprint density at radius 1 is 1.38 bits per heavy atom. The van der Waals surface area contributed by atoms with Gasteiger partial charge >= 0.3 is 5.97 Å². The van der Waals surface area contributed by atoms with Gasteiger partial charge in [-0.2, -0.15) is 0 Å². The third-order valence-corrected chi connectivity index (χ3v) is 4.20. The smallest absolute Gasteiger partial charge is 0.306 e. The second-order valence-electron chi connectivity index (χ2n) is 6.73. The maximum Gasteiger partial charge on any atom is 0.306 e. The van der Waals surface area contributed by atoms with Crippen molar-refractivity contribution in [1.29, 1.82) is 0 Å². The molecule has 1 atom stereocenters. The number of nitrogens with zero attached hydrogens (tertiary/aromatic N) is 1. The van der Waals surface area contributed by atoms with Crippen LogP contribution in [0.1, 0.15) is 37.0 Å². The summed E-state index contributed by atoms with van der Waals surface area (Å²) in [6.07, 6.45) is 0.265. The highest BCUT2D eigenvalue weighted by Gasteiger charge is 2.28. The lowest BCUT2D eigenvalue weighted by atomic mass is 10.1. The van der Waals surface area contributed by atoms with Crippen LogP contribution in [0.3, 0.4) is 0 Å². The molecule has 0 spiro atoms. The standard InChI is InChI=1S/C19H27NO6/c1-13(2)6-8-26-17-10-14(24-3)4-5-16(17)19(23)20-7-9-25-15(12-20)11-18(21)22/h4-5,10,13,15H,6-9,11-12H2,1-3H3,(H,21,22). The average Bonchev–Trinajstić information content (AvgIpc) is 2.60. The number of hydrogen-bond donors (Lipinski definition) is 1. The number of methoxy groups -OCH3 is 1. The summed E-state index contributed by atoms with van der Waals surface area (Å²) in [4.78, 5) is 25.5. The number of rotatable bonds is 8. The first kappa shape index (κ1) is 20.0. The Balaban J connectivity index is 2.14.